The highest BCUT2D eigenvalue weighted by Gasteiger charge is 2.28. The van der Waals surface area contributed by atoms with E-state index >= 15 is 0 Å². The predicted octanol–water partition coefficient (Wildman–Crippen LogP) is 3.25. The molecule has 30 heavy (non-hydrogen) atoms. The second kappa shape index (κ2) is 7.85. The van der Waals surface area contributed by atoms with Crippen molar-refractivity contribution in [3.8, 4) is 26.9 Å². The number of likely N-dealkylation sites (tertiary alicyclic amines) is 1. The quantitative estimate of drug-likeness (QED) is 0.524. The number of thiazole rings is 2. The van der Waals surface area contributed by atoms with Crippen molar-refractivity contribution in [1.29, 1.82) is 0 Å². The minimum Gasteiger partial charge on any atom is -0.503 e. The minimum absolute atomic E-state index is 0.0549. The molecular formula is C18H15F3N4O3S2. The van der Waals surface area contributed by atoms with Gasteiger partial charge in [0.15, 0.2) is 17.4 Å². The molecule has 1 aliphatic heterocycles. The molecule has 0 spiro atoms. The number of aromatic nitrogens is 2. The Morgan fingerprint density at radius 1 is 1.30 bits per heavy atom. The number of aromatic hydroxyl groups is 1. The summed E-state index contributed by atoms with van der Waals surface area (Å²) in [4.78, 5) is 22.7. The third kappa shape index (κ3) is 3.73. The summed E-state index contributed by atoms with van der Waals surface area (Å²) in [7, 11) is 0. The van der Waals surface area contributed by atoms with Gasteiger partial charge in [-0.15, -0.1) is 22.7 Å². The highest BCUT2D eigenvalue weighted by molar-refractivity contribution is 7.16. The van der Waals surface area contributed by atoms with Gasteiger partial charge in [-0.25, -0.2) is 23.5 Å². The van der Waals surface area contributed by atoms with Crippen LogP contribution in [0.4, 0.5) is 18.0 Å². The number of aliphatic hydroxyl groups excluding tert-OH is 1. The van der Waals surface area contributed by atoms with Crippen LogP contribution in [0.15, 0.2) is 11.4 Å². The van der Waals surface area contributed by atoms with Gasteiger partial charge < -0.3 is 20.4 Å². The number of β-amino-alcohol motifs (C(OH)–C–C–N with tert-alkyl or cyclic N) is 1. The lowest BCUT2D eigenvalue weighted by Crippen LogP contribution is -2.56. The lowest BCUT2D eigenvalue weighted by molar-refractivity contribution is 0.0265. The lowest BCUT2D eigenvalue weighted by Gasteiger charge is -2.35. The average Bonchev–Trinajstić information content (AvgIpc) is 3.31. The molecule has 1 fully saturated rings. The number of aryl methyl sites for hydroxylation is 1. The number of nitrogens with one attached hydrogen (secondary N) is 1. The molecule has 0 radical (unpaired) electrons. The third-order valence-electron chi connectivity index (χ3n) is 4.48. The molecule has 3 N–H and O–H groups in total. The SMILES string of the molecule is Cc1nc(CNC(=O)N2CC(O)C2)sc1-c1csc(-c2cc(F)c(O)c(F)c2F)n1. The van der Waals surface area contributed by atoms with Crippen molar-refractivity contribution in [2.45, 2.75) is 19.6 Å². The van der Waals surface area contributed by atoms with Crippen molar-refractivity contribution < 1.29 is 28.2 Å². The molecule has 1 saturated heterocycles. The van der Waals surface area contributed by atoms with Crippen LogP contribution in [-0.4, -0.2) is 50.3 Å². The van der Waals surface area contributed by atoms with Crippen molar-refractivity contribution in [3.05, 3.63) is 39.6 Å². The molecule has 0 saturated carbocycles. The van der Waals surface area contributed by atoms with Gasteiger partial charge in [-0.2, -0.15) is 4.39 Å². The predicted molar refractivity (Wildman–Crippen MR) is 105 cm³/mol. The number of halogens is 3. The van der Waals surface area contributed by atoms with Gasteiger partial charge in [0.2, 0.25) is 5.82 Å². The molecule has 12 heteroatoms. The number of hydrogen-bond donors (Lipinski definition) is 3. The summed E-state index contributed by atoms with van der Waals surface area (Å²) in [6.07, 6.45) is -0.483. The maximum absolute atomic E-state index is 14.1. The van der Waals surface area contributed by atoms with Gasteiger partial charge in [0, 0.05) is 5.38 Å². The zero-order valence-corrected chi connectivity index (χ0v) is 17.1. The van der Waals surface area contributed by atoms with E-state index in [0.29, 0.717) is 40.4 Å². The number of hydrogen-bond acceptors (Lipinski definition) is 7. The summed E-state index contributed by atoms with van der Waals surface area (Å²) in [5, 5.41) is 23.4. The fraction of sp³-hybridized carbons (Fsp3) is 0.278. The van der Waals surface area contributed by atoms with Crippen molar-refractivity contribution >= 4 is 28.7 Å². The van der Waals surface area contributed by atoms with E-state index in [2.05, 4.69) is 15.3 Å². The monoisotopic (exact) mass is 456 g/mol. The van der Waals surface area contributed by atoms with Crippen molar-refractivity contribution in [3.63, 3.8) is 0 Å². The van der Waals surface area contributed by atoms with Gasteiger partial charge in [0.05, 0.1) is 47.6 Å². The molecule has 4 rings (SSSR count). The highest BCUT2D eigenvalue weighted by atomic mass is 32.1. The highest BCUT2D eigenvalue weighted by Crippen LogP contribution is 2.37. The van der Waals surface area contributed by atoms with E-state index in [9.17, 15) is 28.2 Å². The largest absolute Gasteiger partial charge is 0.503 e. The van der Waals surface area contributed by atoms with Crippen LogP contribution >= 0.6 is 22.7 Å². The van der Waals surface area contributed by atoms with Crippen LogP contribution in [0.25, 0.3) is 21.1 Å². The molecule has 1 aromatic carbocycles. The van der Waals surface area contributed by atoms with Gasteiger partial charge in [0.25, 0.3) is 0 Å². The van der Waals surface area contributed by atoms with E-state index in [0.717, 1.165) is 11.3 Å². The second-order valence-electron chi connectivity index (χ2n) is 6.66. The van der Waals surface area contributed by atoms with Crippen molar-refractivity contribution in [1.82, 2.24) is 20.2 Å². The zero-order chi connectivity index (χ0) is 21.6. The van der Waals surface area contributed by atoms with Crippen LogP contribution in [0.2, 0.25) is 0 Å². The molecule has 3 aromatic rings. The normalized spacial score (nSPS) is 14.1. The number of amides is 2. The lowest BCUT2D eigenvalue weighted by atomic mass is 10.2. The van der Waals surface area contributed by atoms with E-state index in [4.69, 9.17) is 0 Å². The van der Waals surface area contributed by atoms with Crippen molar-refractivity contribution in [2.24, 2.45) is 0 Å². The van der Waals surface area contributed by atoms with Gasteiger partial charge in [-0.05, 0) is 13.0 Å². The smallest absolute Gasteiger partial charge is 0.317 e. The number of nitrogens with zero attached hydrogens (tertiary/aromatic N) is 3. The first kappa shape index (κ1) is 20.6. The Morgan fingerprint density at radius 2 is 2.03 bits per heavy atom. The van der Waals surface area contributed by atoms with E-state index in [1.807, 2.05) is 0 Å². The fourth-order valence-corrected chi connectivity index (χ4v) is 4.75. The molecule has 3 heterocycles. The number of aliphatic hydroxyl groups is 1. The van der Waals surface area contributed by atoms with Crippen LogP contribution in [0.3, 0.4) is 0 Å². The van der Waals surface area contributed by atoms with Crippen LogP contribution in [0.5, 0.6) is 5.75 Å². The van der Waals surface area contributed by atoms with E-state index < -0.39 is 29.3 Å². The Hall–Kier alpha value is -2.70. The number of benzene rings is 1. The Bertz CT molecular complexity index is 1130. The summed E-state index contributed by atoms with van der Waals surface area (Å²) in [6, 6.07) is 0.404. The van der Waals surface area contributed by atoms with Crippen LogP contribution in [-0.2, 0) is 6.54 Å². The number of rotatable bonds is 4. The molecule has 0 atom stereocenters. The topological polar surface area (TPSA) is 98.6 Å². The molecular weight excluding hydrogens is 441 g/mol. The van der Waals surface area contributed by atoms with Gasteiger partial charge in [-0.1, -0.05) is 0 Å². The molecule has 0 bridgehead atoms. The third-order valence-corrected chi connectivity index (χ3v) is 6.54. The molecule has 0 unspecified atom stereocenters. The number of phenols is 1. The van der Waals surface area contributed by atoms with Crippen LogP contribution in [0.1, 0.15) is 10.7 Å². The average molecular weight is 456 g/mol. The van der Waals surface area contributed by atoms with Crippen LogP contribution < -0.4 is 5.32 Å². The summed E-state index contributed by atoms with van der Waals surface area (Å²) >= 11 is 2.28. The van der Waals surface area contributed by atoms with Crippen LogP contribution in [0, 0.1) is 24.4 Å². The molecule has 2 aromatic heterocycles. The first-order chi connectivity index (χ1) is 14.2. The standard InChI is InChI=1S/C18H15F3N4O3S2/c1-7-16(30-12(23-7)3-22-18(28)25-4-8(26)5-25)11-6-29-17(24-11)9-2-10(19)15(27)14(21)13(9)20/h2,6,8,26-27H,3-5H2,1H3,(H,22,28). The van der Waals surface area contributed by atoms with E-state index in [1.165, 1.54) is 16.2 Å². The second-order valence-corrected chi connectivity index (χ2v) is 8.60. The number of phenolic OH excluding ortho intramolecular Hbond substituents is 1. The molecule has 2 amide bonds. The molecule has 1 aliphatic rings. The maximum atomic E-state index is 14.1. The first-order valence-electron chi connectivity index (χ1n) is 8.74. The Labute approximate surface area is 176 Å². The summed E-state index contributed by atoms with van der Waals surface area (Å²) < 4.78 is 41.4. The Kier molecular flexibility index (Phi) is 5.38. The van der Waals surface area contributed by atoms with E-state index in [1.54, 1.807) is 12.3 Å². The number of urea groups is 1. The summed E-state index contributed by atoms with van der Waals surface area (Å²) in [5.74, 6) is -5.69. The maximum Gasteiger partial charge on any atom is 0.317 e. The zero-order valence-electron chi connectivity index (χ0n) is 15.4. The Morgan fingerprint density at radius 3 is 2.73 bits per heavy atom. The minimum atomic E-state index is -1.66. The van der Waals surface area contributed by atoms with Crippen molar-refractivity contribution in [2.75, 3.05) is 13.1 Å². The molecule has 7 nitrogen and oxygen atoms in total. The summed E-state index contributed by atoms with van der Waals surface area (Å²) in [6.45, 7) is 2.54. The first-order valence-corrected chi connectivity index (χ1v) is 10.4. The van der Waals surface area contributed by atoms with Gasteiger partial charge >= 0.3 is 6.03 Å². The molecule has 0 aliphatic carbocycles. The van der Waals surface area contributed by atoms with Gasteiger partial charge in [0.1, 0.15) is 10.0 Å². The summed E-state index contributed by atoms with van der Waals surface area (Å²) in [5.41, 5.74) is 0.719. The Balaban J connectivity index is 1.52. The fourth-order valence-electron chi connectivity index (χ4n) is 2.89. The number of carbonyl (C=O) groups excluding carboxylic acids is 1. The number of carbonyl (C=O) groups is 1. The molecule has 158 valence electrons. The van der Waals surface area contributed by atoms with E-state index in [-0.39, 0.29) is 23.1 Å². The van der Waals surface area contributed by atoms with Gasteiger partial charge in [-0.3, -0.25) is 0 Å².